The highest BCUT2D eigenvalue weighted by Gasteiger charge is 2.55. The molecule has 3 N–H and O–H groups in total. The predicted octanol–water partition coefficient (Wildman–Crippen LogP) is 3.45. The Morgan fingerprint density at radius 3 is 2.48 bits per heavy atom. The lowest BCUT2D eigenvalue weighted by atomic mass is 9.69. The Morgan fingerprint density at radius 1 is 1.31 bits per heavy atom. The molecule has 1 saturated heterocycles. The van der Waals surface area contributed by atoms with Gasteiger partial charge in [0.1, 0.15) is 17.8 Å². The van der Waals surface area contributed by atoms with Gasteiger partial charge >= 0.3 is 7.12 Å². The second-order valence-corrected chi connectivity index (χ2v) is 8.37. The molecule has 1 amide bonds. The van der Waals surface area contributed by atoms with Gasteiger partial charge < -0.3 is 19.8 Å². The van der Waals surface area contributed by atoms with Crippen molar-refractivity contribution in [2.75, 3.05) is 6.61 Å². The minimum atomic E-state index is -0.897. The maximum atomic E-state index is 13.6. The van der Waals surface area contributed by atoms with E-state index in [4.69, 9.17) is 36.2 Å². The fourth-order valence-electron chi connectivity index (χ4n) is 2.69. The highest BCUT2D eigenvalue weighted by atomic mass is 35.5. The van der Waals surface area contributed by atoms with Crippen LogP contribution in [0.5, 0.6) is 5.75 Å². The lowest BCUT2D eigenvalue weighted by Gasteiger charge is -2.32. The van der Waals surface area contributed by atoms with Crippen molar-refractivity contribution in [2.24, 2.45) is 5.73 Å². The fourth-order valence-corrected chi connectivity index (χ4v) is 2.81. The summed E-state index contributed by atoms with van der Waals surface area (Å²) in [5.74, 6) is -0.964. The molecule has 0 aromatic heterocycles. The van der Waals surface area contributed by atoms with E-state index in [1.54, 1.807) is 13.0 Å². The van der Waals surface area contributed by atoms with E-state index >= 15 is 0 Å². The van der Waals surface area contributed by atoms with Crippen molar-refractivity contribution < 1.29 is 28.1 Å². The van der Waals surface area contributed by atoms with E-state index in [9.17, 15) is 9.18 Å². The first-order valence-electron chi connectivity index (χ1n) is 9.60. The normalized spacial score (nSPS) is 19.7. The topological polar surface area (TPSA) is 92.0 Å². The molecule has 7 nitrogen and oxygen atoms in total. The van der Waals surface area contributed by atoms with Gasteiger partial charge in [-0.05, 0) is 46.2 Å². The summed E-state index contributed by atoms with van der Waals surface area (Å²) in [6, 6.07) is 4.21. The smallest absolute Gasteiger partial charge is 0.465 e. The van der Waals surface area contributed by atoms with Crippen LogP contribution in [0, 0.1) is 5.82 Å². The van der Waals surface area contributed by atoms with E-state index in [2.05, 4.69) is 5.48 Å². The molecule has 29 heavy (non-hydrogen) atoms. The summed E-state index contributed by atoms with van der Waals surface area (Å²) in [6.45, 7) is 9.64. The molecule has 1 aromatic carbocycles. The number of halogens is 2. The third kappa shape index (κ3) is 6.05. The molecule has 1 heterocycles. The van der Waals surface area contributed by atoms with Crippen LogP contribution in [0.15, 0.2) is 18.2 Å². The van der Waals surface area contributed by atoms with Gasteiger partial charge in [0, 0.05) is 18.3 Å². The van der Waals surface area contributed by atoms with E-state index in [1.807, 2.05) is 27.7 Å². The molecule has 1 aliphatic heterocycles. The zero-order chi connectivity index (χ0) is 21.8. The van der Waals surface area contributed by atoms with Crippen LogP contribution >= 0.6 is 11.6 Å². The molecule has 2 atom stereocenters. The molecule has 1 aromatic rings. The number of nitrogens with two attached hydrogens (primary N) is 1. The highest BCUT2D eigenvalue weighted by Crippen LogP contribution is 2.41. The first-order valence-corrected chi connectivity index (χ1v) is 9.98. The summed E-state index contributed by atoms with van der Waals surface area (Å²) in [4.78, 5) is 16.8. The van der Waals surface area contributed by atoms with Gasteiger partial charge in [0.2, 0.25) is 5.91 Å². The number of benzene rings is 1. The van der Waals surface area contributed by atoms with Crippen LogP contribution in [0.2, 0.25) is 10.8 Å². The first kappa shape index (κ1) is 23.9. The lowest BCUT2D eigenvalue weighted by molar-refractivity contribution is -0.138. The first-order chi connectivity index (χ1) is 13.5. The van der Waals surface area contributed by atoms with Gasteiger partial charge in [-0.3, -0.25) is 9.63 Å². The molecule has 0 saturated carbocycles. The number of rotatable bonds is 9. The van der Waals surface area contributed by atoms with E-state index in [-0.39, 0.29) is 24.0 Å². The summed E-state index contributed by atoms with van der Waals surface area (Å²) >= 11 is 5.69. The van der Waals surface area contributed by atoms with E-state index < -0.39 is 36.2 Å². The average Bonchev–Trinajstić information content (AvgIpc) is 2.86. The van der Waals surface area contributed by atoms with Crippen LogP contribution in [0.1, 0.15) is 47.5 Å². The molecule has 0 aliphatic carbocycles. The molecule has 0 bridgehead atoms. The fraction of sp³-hybridized carbons (Fsp3) is 0.632. The molecule has 10 heteroatoms. The van der Waals surface area contributed by atoms with Crippen LogP contribution in [-0.4, -0.2) is 37.1 Å². The number of carbonyl (C=O) groups is 1. The largest absolute Gasteiger partial charge is 0.494 e. The maximum absolute atomic E-state index is 13.6. The van der Waals surface area contributed by atoms with Crippen molar-refractivity contribution in [3.8, 4) is 5.75 Å². The molecule has 2 rings (SSSR count). The third-order valence-corrected chi connectivity index (χ3v) is 5.59. The summed E-state index contributed by atoms with van der Waals surface area (Å²) in [5.41, 5.74) is 7.38. The molecule has 0 spiro atoms. The third-order valence-electron chi connectivity index (χ3n) is 5.28. The zero-order valence-electron chi connectivity index (χ0n) is 17.5. The predicted molar refractivity (Wildman–Crippen MR) is 109 cm³/mol. The number of hydrogen-bond acceptors (Lipinski definition) is 6. The minimum Gasteiger partial charge on any atom is -0.494 e. The van der Waals surface area contributed by atoms with Gasteiger partial charge in [0.05, 0.1) is 22.8 Å². The second-order valence-electron chi connectivity index (χ2n) is 7.96. The summed E-state index contributed by atoms with van der Waals surface area (Å²) in [6.07, 6.45) is -0.255. The van der Waals surface area contributed by atoms with Crippen molar-refractivity contribution in [2.45, 2.75) is 70.7 Å². The van der Waals surface area contributed by atoms with Gasteiger partial charge in [-0.25, -0.2) is 9.87 Å². The zero-order valence-corrected chi connectivity index (χ0v) is 18.2. The van der Waals surface area contributed by atoms with Crippen molar-refractivity contribution in [1.82, 2.24) is 5.48 Å². The van der Waals surface area contributed by atoms with Crippen LogP contribution in [0.4, 0.5) is 4.39 Å². The minimum absolute atomic E-state index is 0.0227. The molecular formula is C19H29BClFN2O5. The van der Waals surface area contributed by atoms with E-state index in [0.717, 1.165) is 0 Å². The number of carbonyl (C=O) groups excluding carboxylic acids is 1. The van der Waals surface area contributed by atoms with Gasteiger partial charge in [-0.15, -0.1) is 0 Å². The van der Waals surface area contributed by atoms with Gasteiger partial charge in [-0.1, -0.05) is 18.5 Å². The van der Waals surface area contributed by atoms with Crippen molar-refractivity contribution in [1.29, 1.82) is 0 Å². The van der Waals surface area contributed by atoms with E-state index in [1.165, 1.54) is 12.1 Å². The van der Waals surface area contributed by atoms with Gasteiger partial charge in [0.25, 0.3) is 0 Å². The Bertz CT molecular complexity index is 706. The Labute approximate surface area is 176 Å². The summed E-state index contributed by atoms with van der Waals surface area (Å²) in [5, 5.41) is 0.0227. The highest BCUT2D eigenvalue weighted by molar-refractivity contribution is 6.47. The Morgan fingerprint density at radius 2 is 1.93 bits per heavy atom. The van der Waals surface area contributed by atoms with Crippen LogP contribution in [0.3, 0.4) is 0 Å². The monoisotopic (exact) mass is 430 g/mol. The number of amides is 1. The van der Waals surface area contributed by atoms with Gasteiger partial charge in [0.15, 0.2) is 0 Å². The molecule has 1 aliphatic rings. The standard InChI is InChI=1S/C19H29BClFN2O5/c1-6-16(25)24-27-17(23)13(20-28-18(2,3)19(4,5)29-20)9-10-26-12-7-8-14(21)15(22)11-12/h7-8,11,13,17H,6,9-10,23H2,1-5H3,(H,24,25)/t13-,17-/m1/s1. The Hall–Kier alpha value is -1.39. The molecule has 0 unspecified atom stereocenters. The SMILES string of the molecule is CCC(=O)NO[C@@H](N)[C@@H](CCOc1ccc(Cl)c(F)c1)B1OC(C)(C)C(C)(C)O1. The number of hydrogen-bond donors (Lipinski definition) is 2. The van der Waals surface area contributed by atoms with Crippen LogP contribution in [0.25, 0.3) is 0 Å². The van der Waals surface area contributed by atoms with Gasteiger partial charge in [-0.2, -0.15) is 0 Å². The Balaban J connectivity index is 2.05. The average molecular weight is 431 g/mol. The summed E-state index contributed by atoms with van der Waals surface area (Å²) in [7, 11) is -0.668. The van der Waals surface area contributed by atoms with Crippen LogP contribution in [-0.2, 0) is 18.9 Å². The molecule has 162 valence electrons. The van der Waals surface area contributed by atoms with Crippen LogP contribution < -0.4 is 16.0 Å². The second kappa shape index (κ2) is 9.62. The molecular weight excluding hydrogens is 401 g/mol. The molecule has 0 radical (unpaired) electrons. The number of hydroxylamine groups is 1. The van der Waals surface area contributed by atoms with Crippen molar-refractivity contribution >= 4 is 24.6 Å². The van der Waals surface area contributed by atoms with E-state index in [0.29, 0.717) is 12.2 Å². The quantitative estimate of drug-likeness (QED) is 0.354. The summed E-state index contributed by atoms with van der Waals surface area (Å²) < 4.78 is 31.4. The molecule has 1 fully saturated rings. The number of nitrogens with one attached hydrogen (secondary N) is 1. The van der Waals surface area contributed by atoms with Crippen molar-refractivity contribution in [3.05, 3.63) is 29.0 Å². The Kier molecular flexibility index (Phi) is 7.92. The lowest BCUT2D eigenvalue weighted by Crippen LogP contribution is -2.44. The number of ether oxygens (including phenoxy) is 1. The van der Waals surface area contributed by atoms with Crippen molar-refractivity contribution in [3.63, 3.8) is 0 Å². The maximum Gasteiger partial charge on any atom is 0.465 e.